The van der Waals surface area contributed by atoms with Crippen molar-refractivity contribution in [1.29, 1.82) is 0 Å². The van der Waals surface area contributed by atoms with Crippen LogP contribution in [0.4, 0.5) is 4.39 Å². The lowest BCUT2D eigenvalue weighted by atomic mass is 9.76. The maximum Gasteiger partial charge on any atom is 0.329 e. The van der Waals surface area contributed by atoms with E-state index in [2.05, 4.69) is 10.3 Å². The maximum atomic E-state index is 13.1. The molecule has 104 valence electrons. The van der Waals surface area contributed by atoms with Gasteiger partial charge < -0.3 is 15.4 Å². The Morgan fingerprint density at radius 1 is 1.30 bits per heavy atom. The van der Waals surface area contributed by atoms with Crippen LogP contribution in [0.15, 0.2) is 24.3 Å². The largest absolute Gasteiger partial charge is 0.480 e. The fourth-order valence-electron chi connectivity index (χ4n) is 2.43. The number of rotatable bonds is 3. The predicted molar refractivity (Wildman–Crippen MR) is 69.9 cm³/mol. The minimum absolute atomic E-state index is 0.234. The Balaban J connectivity index is 1.87. The summed E-state index contributed by atoms with van der Waals surface area (Å²) in [5.74, 6) is -1.88. The first-order chi connectivity index (χ1) is 9.50. The first-order valence-corrected chi connectivity index (χ1v) is 6.34. The number of aromatic nitrogens is 1. The summed E-state index contributed by atoms with van der Waals surface area (Å²) in [4.78, 5) is 26.2. The zero-order valence-corrected chi connectivity index (χ0v) is 10.6. The molecule has 1 heterocycles. The second-order valence-corrected chi connectivity index (χ2v) is 5.11. The molecule has 5 nitrogen and oxygen atoms in total. The van der Waals surface area contributed by atoms with Crippen LogP contribution in [0.3, 0.4) is 0 Å². The third kappa shape index (κ3) is 1.93. The molecule has 0 atom stereocenters. The van der Waals surface area contributed by atoms with E-state index in [1.54, 1.807) is 0 Å². The van der Waals surface area contributed by atoms with E-state index in [4.69, 9.17) is 0 Å². The second-order valence-electron chi connectivity index (χ2n) is 5.11. The van der Waals surface area contributed by atoms with Crippen LogP contribution in [-0.4, -0.2) is 27.5 Å². The summed E-state index contributed by atoms with van der Waals surface area (Å²) in [5, 5.41) is 12.3. The van der Waals surface area contributed by atoms with Crippen molar-refractivity contribution in [3.63, 3.8) is 0 Å². The summed E-state index contributed by atoms with van der Waals surface area (Å²) in [6.45, 7) is 0. The summed E-state index contributed by atoms with van der Waals surface area (Å²) in [6, 6.07) is 5.67. The van der Waals surface area contributed by atoms with E-state index in [0.717, 1.165) is 6.42 Å². The summed E-state index contributed by atoms with van der Waals surface area (Å²) in [7, 11) is 0. The van der Waals surface area contributed by atoms with E-state index in [0.29, 0.717) is 23.7 Å². The van der Waals surface area contributed by atoms with Gasteiger partial charge in [-0.25, -0.2) is 9.18 Å². The van der Waals surface area contributed by atoms with E-state index in [-0.39, 0.29) is 11.5 Å². The van der Waals surface area contributed by atoms with Gasteiger partial charge in [0, 0.05) is 10.9 Å². The molecule has 0 spiro atoms. The molecule has 1 aromatic heterocycles. The zero-order valence-electron chi connectivity index (χ0n) is 10.6. The molecule has 0 aliphatic heterocycles. The van der Waals surface area contributed by atoms with Gasteiger partial charge in [0.2, 0.25) is 0 Å². The summed E-state index contributed by atoms with van der Waals surface area (Å²) in [5.41, 5.74) is -0.285. The topological polar surface area (TPSA) is 82.2 Å². The molecule has 0 unspecified atom stereocenters. The zero-order chi connectivity index (χ0) is 14.3. The van der Waals surface area contributed by atoms with Crippen molar-refractivity contribution in [3.05, 3.63) is 35.8 Å². The Bertz CT molecular complexity index is 704. The number of carbonyl (C=O) groups excluding carboxylic acids is 1. The molecule has 1 aliphatic rings. The van der Waals surface area contributed by atoms with E-state index in [1.165, 1.54) is 24.3 Å². The molecule has 6 heteroatoms. The molecule has 0 bridgehead atoms. The van der Waals surface area contributed by atoms with Crippen molar-refractivity contribution in [2.24, 2.45) is 0 Å². The van der Waals surface area contributed by atoms with Gasteiger partial charge in [-0.1, -0.05) is 0 Å². The minimum Gasteiger partial charge on any atom is -0.480 e. The quantitative estimate of drug-likeness (QED) is 0.802. The number of hydrogen-bond acceptors (Lipinski definition) is 2. The predicted octanol–water partition coefficient (Wildman–Crippen LogP) is 2.04. The third-order valence-corrected chi connectivity index (χ3v) is 3.80. The van der Waals surface area contributed by atoms with Crippen molar-refractivity contribution in [2.45, 2.75) is 24.8 Å². The van der Waals surface area contributed by atoms with Gasteiger partial charge in [-0.15, -0.1) is 0 Å². The van der Waals surface area contributed by atoms with Gasteiger partial charge in [0.25, 0.3) is 5.91 Å². The third-order valence-electron chi connectivity index (χ3n) is 3.80. The average Bonchev–Trinajstić information content (AvgIpc) is 2.75. The van der Waals surface area contributed by atoms with Gasteiger partial charge in [-0.2, -0.15) is 0 Å². The molecule has 3 rings (SSSR count). The van der Waals surface area contributed by atoms with Gasteiger partial charge in [0.15, 0.2) is 0 Å². The molecule has 1 aliphatic carbocycles. The van der Waals surface area contributed by atoms with Crippen LogP contribution in [0.1, 0.15) is 29.8 Å². The number of fused-ring (bicyclic) bond motifs is 1. The van der Waals surface area contributed by atoms with E-state index < -0.39 is 17.4 Å². The molecule has 20 heavy (non-hydrogen) atoms. The summed E-state index contributed by atoms with van der Waals surface area (Å²) < 4.78 is 13.1. The van der Waals surface area contributed by atoms with Crippen LogP contribution in [-0.2, 0) is 4.79 Å². The number of carbonyl (C=O) groups is 2. The number of hydrogen-bond donors (Lipinski definition) is 3. The number of H-pyrrole nitrogens is 1. The molecule has 3 N–H and O–H groups in total. The highest BCUT2D eigenvalue weighted by Gasteiger charge is 2.45. The number of halogens is 1. The van der Waals surface area contributed by atoms with E-state index in [1.807, 2.05) is 0 Å². The van der Waals surface area contributed by atoms with Crippen molar-refractivity contribution in [3.8, 4) is 0 Å². The lowest BCUT2D eigenvalue weighted by molar-refractivity contribution is -0.148. The highest BCUT2D eigenvalue weighted by molar-refractivity contribution is 6.00. The van der Waals surface area contributed by atoms with Crippen molar-refractivity contribution in [1.82, 2.24) is 10.3 Å². The van der Waals surface area contributed by atoms with Crippen molar-refractivity contribution in [2.75, 3.05) is 0 Å². The molecule has 0 saturated heterocycles. The minimum atomic E-state index is -1.15. The molecular formula is C14H13FN2O3. The lowest BCUT2D eigenvalue weighted by Crippen LogP contribution is -2.59. The van der Waals surface area contributed by atoms with E-state index in [9.17, 15) is 19.1 Å². The molecule has 1 fully saturated rings. The highest BCUT2D eigenvalue weighted by Crippen LogP contribution is 2.32. The normalized spacial score (nSPS) is 16.6. The number of carboxylic acids is 1. The molecule has 1 amide bonds. The molecule has 1 saturated carbocycles. The Hall–Kier alpha value is -2.37. The smallest absolute Gasteiger partial charge is 0.329 e. The van der Waals surface area contributed by atoms with E-state index >= 15 is 0 Å². The van der Waals surface area contributed by atoms with Gasteiger partial charge in [-0.05, 0) is 43.5 Å². The van der Waals surface area contributed by atoms with Crippen LogP contribution >= 0.6 is 0 Å². The Kier molecular flexibility index (Phi) is 2.74. The number of carboxylic acid groups (broad SMARTS) is 1. The number of nitrogens with one attached hydrogen (secondary N) is 2. The number of aromatic amines is 1. The number of amides is 1. The fraction of sp³-hybridized carbons (Fsp3) is 0.286. The van der Waals surface area contributed by atoms with Gasteiger partial charge in [0.1, 0.15) is 17.1 Å². The molecular weight excluding hydrogens is 263 g/mol. The maximum absolute atomic E-state index is 13.1. The van der Waals surface area contributed by atoms with Crippen LogP contribution in [0.25, 0.3) is 10.9 Å². The molecule has 0 radical (unpaired) electrons. The van der Waals surface area contributed by atoms with Crippen LogP contribution < -0.4 is 5.32 Å². The van der Waals surface area contributed by atoms with Crippen LogP contribution in [0.5, 0.6) is 0 Å². The highest BCUT2D eigenvalue weighted by atomic mass is 19.1. The van der Waals surface area contributed by atoms with Crippen LogP contribution in [0.2, 0.25) is 0 Å². The Labute approximate surface area is 113 Å². The number of benzene rings is 1. The monoisotopic (exact) mass is 276 g/mol. The Morgan fingerprint density at radius 2 is 2.05 bits per heavy atom. The van der Waals surface area contributed by atoms with Gasteiger partial charge in [0.05, 0.1) is 0 Å². The van der Waals surface area contributed by atoms with Crippen molar-refractivity contribution >= 4 is 22.8 Å². The SMILES string of the molecule is O=C(NC1(C(=O)O)CCC1)c1cc2cc(F)ccc2[nH]1. The Morgan fingerprint density at radius 3 is 2.65 bits per heavy atom. The molecule has 1 aromatic carbocycles. The fourth-order valence-corrected chi connectivity index (χ4v) is 2.43. The van der Waals surface area contributed by atoms with Crippen LogP contribution in [0, 0.1) is 5.82 Å². The lowest BCUT2D eigenvalue weighted by Gasteiger charge is -2.38. The summed E-state index contributed by atoms with van der Waals surface area (Å²) >= 11 is 0. The standard InChI is InChI=1S/C14H13FN2O3/c15-9-2-3-10-8(6-9)7-11(16-10)12(18)17-14(13(19)20)4-1-5-14/h2-3,6-7,16H,1,4-5H2,(H,17,18)(H,19,20). The summed E-state index contributed by atoms with van der Waals surface area (Å²) in [6.07, 6.45) is 1.65. The van der Waals surface area contributed by atoms with Gasteiger partial charge >= 0.3 is 5.97 Å². The average molecular weight is 276 g/mol. The first-order valence-electron chi connectivity index (χ1n) is 6.34. The van der Waals surface area contributed by atoms with Gasteiger partial charge in [-0.3, -0.25) is 4.79 Å². The van der Waals surface area contributed by atoms with Crippen molar-refractivity contribution < 1.29 is 19.1 Å². The first kappa shape index (κ1) is 12.7. The number of aliphatic carboxylic acids is 1. The second kappa shape index (κ2) is 4.33. The molecule has 2 aromatic rings.